The summed E-state index contributed by atoms with van der Waals surface area (Å²) in [5.74, 6) is 4.42. The molecule has 2 nitrogen and oxygen atoms in total. The van der Waals surface area contributed by atoms with E-state index in [-0.39, 0.29) is 0 Å². The summed E-state index contributed by atoms with van der Waals surface area (Å²) in [5.41, 5.74) is 11.4. The third kappa shape index (κ3) is 5.27. The average molecular weight is 293 g/mol. The van der Waals surface area contributed by atoms with Crippen molar-refractivity contribution in [2.45, 2.75) is 53.5 Å². The molecule has 0 bridgehead atoms. The van der Waals surface area contributed by atoms with E-state index in [1.807, 2.05) is 0 Å². The molecule has 0 heterocycles. The van der Waals surface area contributed by atoms with Gasteiger partial charge in [-0.15, -0.1) is 0 Å². The van der Waals surface area contributed by atoms with Gasteiger partial charge in [0.25, 0.3) is 0 Å². The lowest BCUT2D eigenvalue weighted by molar-refractivity contribution is 0.277. The van der Waals surface area contributed by atoms with E-state index in [4.69, 9.17) is 11.5 Å². The van der Waals surface area contributed by atoms with Crippen LogP contribution < -0.4 is 11.5 Å². The molecule has 0 radical (unpaired) electrons. The van der Waals surface area contributed by atoms with Gasteiger partial charge in [-0.1, -0.05) is 52.0 Å². The van der Waals surface area contributed by atoms with Crippen LogP contribution in [0.2, 0.25) is 0 Å². The SMILES string of the molecule is CC(N)C(C)C1CC=CC1C.CC1C=CCC1C(C)CN. The molecule has 0 aromatic heterocycles. The largest absolute Gasteiger partial charge is 0.330 e. The molecule has 122 valence electrons. The predicted molar refractivity (Wildman–Crippen MR) is 93.9 cm³/mol. The van der Waals surface area contributed by atoms with Crippen LogP contribution in [0.4, 0.5) is 0 Å². The van der Waals surface area contributed by atoms with E-state index in [1.54, 1.807) is 0 Å². The van der Waals surface area contributed by atoms with Gasteiger partial charge in [0.2, 0.25) is 0 Å². The second-order valence-corrected chi connectivity index (χ2v) is 7.30. The van der Waals surface area contributed by atoms with Crippen molar-refractivity contribution in [2.24, 2.45) is 47.0 Å². The zero-order valence-corrected chi connectivity index (χ0v) is 14.6. The summed E-state index contributed by atoms with van der Waals surface area (Å²) in [6.07, 6.45) is 11.6. The molecule has 0 spiro atoms. The Morgan fingerprint density at radius 2 is 1.43 bits per heavy atom. The van der Waals surface area contributed by atoms with E-state index in [2.05, 4.69) is 58.9 Å². The van der Waals surface area contributed by atoms with Crippen molar-refractivity contribution >= 4 is 0 Å². The molecule has 2 rings (SSSR count). The van der Waals surface area contributed by atoms with Gasteiger partial charge >= 0.3 is 0 Å². The molecule has 0 saturated heterocycles. The number of hydrogen-bond donors (Lipinski definition) is 2. The van der Waals surface area contributed by atoms with Crippen LogP contribution in [-0.2, 0) is 0 Å². The van der Waals surface area contributed by atoms with Crippen LogP contribution in [0.5, 0.6) is 0 Å². The number of hydrogen-bond acceptors (Lipinski definition) is 2. The van der Waals surface area contributed by atoms with Crippen LogP contribution >= 0.6 is 0 Å². The smallest absolute Gasteiger partial charge is 0.00390 e. The third-order valence-electron chi connectivity index (χ3n) is 5.65. The molecule has 2 aliphatic rings. The summed E-state index contributed by atoms with van der Waals surface area (Å²) in [7, 11) is 0. The Morgan fingerprint density at radius 1 is 0.952 bits per heavy atom. The number of allylic oxidation sites excluding steroid dienone is 4. The van der Waals surface area contributed by atoms with Gasteiger partial charge in [-0.2, -0.15) is 0 Å². The van der Waals surface area contributed by atoms with E-state index in [1.165, 1.54) is 12.8 Å². The van der Waals surface area contributed by atoms with Crippen molar-refractivity contribution in [2.75, 3.05) is 6.54 Å². The van der Waals surface area contributed by atoms with Crippen LogP contribution in [0.15, 0.2) is 24.3 Å². The molecule has 7 atom stereocenters. The first-order valence-electron chi connectivity index (χ1n) is 8.67. The highest BCUT2D eigenvalue weighted by atomic mass is 14.6. The topological polar surface area (TPSA) is 52.0 Å². The van der Waals surface area contributed by atoms with Gasteiger partial charge in [-0.25, -0.2) is 0 Å². The van der Waals surface area contributed by atoms with Gasteiger partial charge < -0.3 is 11.5 Å². The van der Waals surface area contributed by atoms with Crippen LogP contribution in [-0.4, -0.2) is 12.6 Å². The summed E-state index contributed by atoms with van der Waals surface area (Å²) >= 11 is 0. The molecular formula is C19H36N2. The Balaban J connectivity index is 0.000000211. The van der Waals surface area contributed by atoms with Crippen molar-refractivity contribution in [1.29, 1.82) is 0 Å². The first-order chi connectivity index (χ1) is 9.88. The first-order valence-corrected chi connectivity index (χ1v) is 8.67. The second-order valence-electron chi connectivity index (χ2n) is 7.30. The fraction of sp³-hybridized carbons (Fsp3) is 0.789. The van der Waals surface area contributed by atoms with Crippen molar-refractivity contribution in [1.82, 2.24) is 0 Å². The quantitative estimate of drug-likeness (QED) is 0.770. The molecule has 4 N–H and O–H groups in total. The Labute approximate surface area is 132 Å². The summed E-state index contributed by atoms with van der Waals surface area (Å²) in [5, 5.41) is 0. The second kappa shape index (κ2) is 8.75. The normalized spacial score (nSPS) is 35.2. The van der Waals surface area contributed by atoms with Gasteiger partial charge in [0.1, 0.15) is 0 Å². The molecule has 0 saturated carbocycles. The molecular weight excluding hydrogens is 256 g/mol. The Bertz CT molecular complexity index is 345. The maximum atomic E-state index is 5.85. The lowest BCUT2D eigenvalue weighted by Gasteiger charge is -2.26. The first kappa shape index (κ1) is 18.4. The maximum absolute atomic E-state index is 5.85. The minimum absolute atomic E-state index is 0.336. The summed E-state index contributed by atoms with van der Waals surface area (Å²) < 4.78 is 0. The highest BCUT2D eigenvalue weighted by Crippen LogP contribution is 2.32. The zero-order valence-electron chi connectivity index (χ0n) is 14.6. The minimum atomic E-state index is 0.336. The zero-order chi connectivity index (χ0) is 16.0. The maximum Gasteiger partial charge on any atom is 0.00390 e. The molecule has 2 heteroatoms. The van der Waals surface area contributed by atoms with Gasteiger partial charge in [-0.05, 0) is 61.8 Å². The lowest BCUT2D eigenvalue weighted by Crippen LogP contribution is -2.31. The highest BCUT2D eigenvalue weighted by molar-refractivity contribution is 5.01. The predicted octanol–water partition coefficient (Wildman–Crippen LogP) is 3.98. The molecule has 0 aromatic rings. The molecule has 0 fully saturated rings. The minimum Gasteiger partial charge on any atom is -0.330 e. The summed E-state index contributed by atoms with van der Waals surface area (Å²) in [4.78, 5) is 0. The standard InChI is InChI=1S/C10H19N.C9H17N/c1-7-5-4-6-10(7)8(2)9(3)11;1-7-4-3-5-9(7)8(2)6-10/h4-5,7-10H,6,11H2,1-3H3;3-4,7-9H,5-6,10H2,1-2H3. The molecule has 0 amide bonds. The fourth-order valence-electron chi connectivity index (χ4n) is 3.62. The van der Waals surface area contributed by atoms with Crippen molar-refractivity contribution in [3.05, 3.63) is 24.3 Å². The van der Waals surface area contributed by atoms with Crippen LogP contribution in [0.3, 0.4) is 0 Å². The third-order valence-corrected chi connectivity index (χ3v) is 5.65. The Hall–Kier alpha value is -0.600. The average Bonchev–Trinajstić information content (AvgIpc) is 3.06. The Kier molecular flexibility index (Phi) is 7.69. The van der Waals surface area contributed by atoms with Crippen LogP contribution in [0.1, 0.15) is 47.5 Å². The van der Waals surface area contributed by atoms with E-state index in [9.17, 15) is 0 Å². The van der Waals surface area contributed by atoms with E-state index < -0.39 is 0 Å². The van der Waals surface area contributed by atoms with Crippen LogP contribution in [0.25, 0.3) is 0 Å². The molecule has 0 aromatic carbocycles. The van der Waals surface area contributed by atoms with Crippen molar-refractivity contribution in [3.8, 4) is 0 Å². The molecule has 21 heavy (non-hydrogen) atoms. The lowest BCUT2D eigenvalue weighted by atomic mass is 9.82. The van der Waals surface area contributed by atoms with Gasteiger partial charge in [0.05, 0.1) is 0 Å². The highest BCUT2D eigenvalue weighted by Gasteiger charge is 2.26. The fourth-order valence-corrected chi connectivity index (χ4v) is 3.62. The van der Waals surface area contributed by atoms with Crippen molar-refractivity contribution in [3.63, 3.8) is 0 Å². The molecule has 7 unspecified atom stereocenters. The number of rotatable bonds is 4. The summed E-state index contributed by atoms with van der Waals surface area (Å²) in [6, 6.07) is 0.336. The van der Waals surface area contributed by atoms with Gasteiger partial charge in [0, 0.05) is 6.04 Å². The van der Waals surface area contributed by atoms with Crippen LogP contribution in [0, 0.1) is 35.5 Å². The summed E-state index contributed by atoms with van der Waals surface area (Å²) in [6.45, 7) is 12.0. The monoisotopic (exact) mass is 292 g/mol. The van der Waals surface area contributed by atoms with Gasteiger partial charge in [0.15, 0.2) is 0 Å². The van der Waals surface area contributed by atoms with E-state index in [0.717, 1.165) is 30.2 Å². The Morgan fingerprint density at radius 3 is 1.76 bits per heavy atom. The van der Waals surface area contributed by atoms with E-state index >= 15 is 0 Å². The van der Waals surface area contributed by atoms with Gasteiger partial charge in [-0.3, -0.25) is 0 Å². The number of nitrogens with two attached hydrogens (primary N) is 2. The molecule has 0 aliphatic heterocycles. The molecule has 2 aliphatic carbocycles. The van der Waals surface area contributed by atoms with E-state index in [0.29, 0.717) is 17.9 Å². The van der Waals surface area contributed by atoms with Crippen molar-refractivity contribution < 1.29 is 0 Å².